The average molecular weight is 260 g/mol. The lowest BCUT2D eigenvalue weighted by Crippen LogP contribution is -2.25. The van der Waals surface area contributed by atoms with Crippen LogP contribution < -0.4 is 5.14 Å². The van der Waals surface area contributed by atoms with Crippen LogP contribution in [0, 0.1) is 0 Å². The van der Waals surface area contributed by atoms with Crippen LogP contribution in [0.5, 0.6) is 0 Å². The molecule has 0 unspecified atom stereocenters. The molecule has 6 nitrogen and oxygen atoms in total. The van der Waals surface area contributed by atoms with Crippen molar-refractivity contribution in [3.63, 3.8) is 0 Å². The molecular weight excluding hydrogens is 244 g/mol. The summed E-state index contributed by atoms with van der Waals surface area (Å²) in [5.41, 5.74) is -0.493. The van der Waals surface area contributed by atoms with E-state index in [4.69, 9.17) is 9.88 Å². The molecule has 0 fully saturated rings. The molecule has 0 saturated carbocycles. The molecule has 0 saturated heterocycles. The summed E-state index contributed by atoms with van der Waals surface area (Å²) in [6.07, 6.45) is 1.27. The number of hydrogen-bond acceptors (Lipinski definition) is 4. The van der Waals surface area contributed by atoms with Gasteiger partial charge in [-0.2, -0.15) is 0 Å². The standard InChI is InChI=1S/C10H16N2O4S/c1-10(2,3)16-9(13)8-5-7(6-12(8)4)17(11,14)15/h5-6H,1-4H3,(H2,11,14,15). The normalized spacial score (nSPS) is 12.5. The van der Waals surface area contributed by atoms with Gasteiger partial charge in [-0.1, -0.05) is 0 Å². The van der Waals surface area contributed by atoms with Gasteiger partial charge in [-0.25, -0.2) is 18.4 Å². The van der Waals surface area contributed by atoms with Crippen molar-refractivity contribution in [3.8, 4) is 0 Å². The number of aromatic nitrogens is 1. The minimum absolute atomic E-state index is 0.110. The van der Waals surface area contributed by atoms with Gasteiger partial charge in [0.05, 0.1) is 0 Å². The van der Waals surface area contributed by atoms with Crippen LogP contribution in [0.2, 0.25) is 0 Å². The molecule has 0 aliphatic rings. The van der Waals surface area contributed by atoms with Gasteiger partial charge in [0.2, 0.25) is 10.0 Å². The van der Waals surface area contributed by atoms with Gasteiger partial charge in [0.1, 0.15) is 16.2 Å². The molecule has 7 heteroatoms. The van der Waals surface area contributed by atoms with E-state index in [1.54, 1.807) is 27.8 Å². The van der Waals surface area contributed by atoms with Crippen molar-refractivity contribution in [1.82, 2.24) is 4.57 Å². The molecule has 1 heterocycles. The van der Waals surface area contributed by atoms with E-state index in [2.05, 4.69) is 0 Å². The SMILES string of the molecule is Cn1cc(S(N)(=O)=O)cc1C(=O)OC(C)(C)C. The van der Waals surface area contributed by atoms with E-state index < -0.39 is 21.6 Å². The van der Waals surface area contributed by atoms with E-state index in [-0.39, 0.29) is 10.6 Å². The van der Waals surface area contributed by atoms with Crippen LogP contribution in [0.15, 0.2) is 17.2 Å². The number of aryl methyl sites for hydroxylation is 1. The van der Waals surface area contributed by atoms with Gasteiger partial charge in [0.15, 0.2) is 0 Å². The molecule has 0 aliphatic heterocycles. The third-order valence-electron chi connectivity index (χ3n) is 1.92. The molecule has 1 rings (SSSR count). The lowest BCUT2D eigenvalue weighted by atomic mass is 10.2. The summed E-state index contributed by atoms with van der Waals surface area (Å²) < 4.78 is 28.7. The number of esters is 1. The van der Waals surface area contributed by atoms with Crippen LogP contribution in [0.3, 0.4) is 0 Å². The first-order chi connectivity index (χ1) is 7.50. The second-order valence-electron chi connectivity index (χ2n) is 4.72. The topological polar surface area (TPSA) is 91.4 Å². The van der Waals surface area contributed by atoms with E-state index in [1.807, 2.05) is 0 Å². The van der Waals surface area contributed by atoms with Gasteiger partial charge >= 0.3 is 5.97 Å². The van der Waals surface area contributed by atoms with Crippen molar-refractivity contribution in [2.45, 2.75) is 31.3 Å². The van der Waals surface area contributed by atoms with Gasteiger partial charge < -0.3 is 9.30 Å². The summed E-state index contributed by atoms with van der Waals surface area (Å²) in [7, 11) is -2.26. The molecular formula is C10H16N2O4S. The van der Waals surface area contributed by atoms with Crippen LogP contribution in [0.4, 0.5) is 0 Å². The van der Waals surface area contributed by atoms with Crippen LogP contribution >= 0.6 is 0 Å². The Morgan fingerprint density at radius 3 is 2.29 bits per heavy atom. The summed E-state index contributed by atoms with van der Waals surface area (Å²) in [4.78, 5) is 11.6. The Morgan fingerprint density at radius 2 is 1.94 bits per heavy atom. The fourth-order valence-corrected chi connectivity index (χ4v) is 1.80. The molecule has 2 N–H and O–H groups in total. The second-order valence-corrected chi connectivity index (χ2v) is 6.28. The molecule has 0 radical (unpaired) electrons. The number of primary sulfonamides is 1. The molecule has 1 aromatic rings. The third kappa shape index (κ3) is 3.57. The zero-order chi connectivity index (χ0) is 13.4. The molecule has 0 atom stereocenters. The van der Waals surface area contributed by atoms with Gasteiger partial charge in [-0.05, 0) is 26.8 Å². The number of carbonyl (C=O) groups is 1. The van der Waals surface area contributed by atoms with Gasteiger partial charge in [-0.15, -0.1) is 0 Å². The van der Waals surface area contributed by atoms with Gasteiger partial charge in [-0.3, -0.25) is 0 Å². The van der Waals surface area contributed by atoms with Crippen molar-refractivity contribution in [1.29, 1.82) is 0 Å². The molecule has 0 spiro atoms. The number of nitrogens with zero attached hydrogens (tertiary/aromatic N) is 1. The van der Waals surface area contributed by atoms with Gasteiger partial charge in [0.25, 0.3) is 0 Å². The van der Waals surface area contributed by atoms with E-state index >= 15 is 0 Å². The maximum atomic E-state index is 11.7. The quantitative estimate of drug-likeness (QED) is 0.789. The van der Waals surface area contributed by atoms with Gasteiger partial charge in [0, 0.05) is 13.2 Å². The van der Waals surface area contributed by atoms with Crippen LogP contribution in [0.25, 0.3) is 0 Å². The maximum absolute atomic E-state index is 11.7. The summed E-state index contributed by atoms with van der Waals surface area (Å²) in [5, 5.41) is 4.97. The highest BCUT2D eigenvalue weighted by Gasteiger charge is 2.22. The highest BCUT2D eigenvalue weighted by molar-refractivity contribution is 7.89. The number of carbonyl (C=O) groups excluding carboxylic acids is 1. The summed E-state index contributed by atoms with van der Waals surface area (Å²) in [6.45, 7) is 5.19. The number of ether oxygens (including phenoxy) is 1. The molecule has 0 bridgehead atoms. The van der Waals surface area contributed by atoms with Crippen molar-refractivity contribution in [2.75, 3.05) is 0 Å². The monoisotopic (exact) mass is 260 g/mol. The Bertz CT molecular complexity index is 537. The van der Waals surface area contributed by atoms with Crippen molar-refractivity contribution in [2.24, 2.45) is 12.2 Å². The van der Waals surface area contributed by atoms with Crippen LogP contribution in [-0.4, -0.2) is 24.6 Å². The third-order valence-corrected chi connectivity index (χ3v) is 2.80. The van der Waals surface area contributed by atoms with Crippen LogP contribution in [0.1, 0.15) is 31.3 Å². The van der Waals surface area contributed by atoms with Crippen molar-refractivity contribution >= 4 is 16.0 Å². The molecule has 0 aliphatic carbocycles. The molecule has 17 heavy (non-hydrogen) atoms. The zero-order valence-electron chi connectivity index (χ0n) is 10.2. The second kappa shape index (κ2) is 4.15. The number of sulfonamides is 1. The first-order valence-corrected chi connectivity index (χ1v) is 6.48. The molecule has 0 amide bonds. The Morgan fingerprint density at radius 1 is 1.41 bits per heavy atom. The van der Waals surface area contributed by atoms with Crippen molar-refractivity contribution < 1.29 is 17.9 Å². The maximum Gasteiger partial charge on any atom is 0.355 e. The Labute approximate surface area is 100 Å². The van der Waals surface area contributed by atoms with E-state index in [9.17, 15) is 13.2 Å². The predicted octanol–water partition coefficient (Wildman–Crippen LogP) is 0.628. The minimum Gasteiger partial charge on any atom is -0.455 e. The fourth-order valence-electron chi connectivity index (χ4n) is 1.22. The lowest BCUT2D eigenvalue weighted by Gasteiger charge is -2.19. The summed E-state index contributed by atoms with van der Waals surface area (Å²) in [6, 6.07) is 1.20. The Balaban J connectivity index is 3.09. The summed E-state index contributed by atoms with van der Waals surface area (Å²) in [5.74, 6) is -0.588. The highest BCUT2D eigenvalue weighted by Crippen LogP contribution is 2.16. The fraction of sp³-hybridized carbons (Fsp3) is 0.500. The number of hydrogen-bond donors (Lipinski definition) is 1. The molecule has 1 aromatic heterocycles. The first kappa shape index (κ1) is 13.7. The first-order valence-electron chi connectivity index (χ1n) is 4.93. The molecule has 96 valence electrons. The van der Waals surface area contributed by atoms with E-state index in [1.165, 1.54) is 16.8 Å². The number of nitrogens with two attached hydrogens (primary N) is 1. The van der Waals surface area contributed by atoms with Crippen molar-refractivity contribution in [3.05, 3.63) is 18.0 Å². The summed E-state index contributed by atoms with van der Waals surface area (Å²) >= 11 is 0. The highest BCUT2D eigenvalue weighted by atomic mass is 32.2. The minimum atomic E-state index is -3.81. The lowest BCUT2D eigenvalue weighted by molar-refractivity contribution is 0.00590. The Kier molecular flexibility index (Phi) is 3.35. The average Bonchev–Trinajstić information content (AvgIpc) is 2.42. The predicted molar refractivity (Wildman–Crippen MR) is 62.0 cm³/mol. The van der Waals surface area contributed by atoms with Crippen LogP contribution in [-0.2, 0) is 21.8 Å². The zero-order valence-corrected chi connectivity index (χ0v) is 11.0. The Hall–Kier alpha value is -1.34. The number of rotatable bonds is 2. The van der Waals surface area contributed by atoms with E-state index in [0.29, 0.717) is 0 Å². The van der Waals surface area contributed by atoms with E-state index in [0.717, 1.165) is 0 Å². The smallest absolute Gasteiger partial charge is 0.355 e. The largest absolute Gasteiger partial charge is 0.455 e. The molecule has 0 aromatic carbocycles.